The van der Waals surface area contributed by atoms with Crippen molar-refractivity contribution in [1.82, 2.24) is 10.3 Å². The summed E-state index contributed by atoms with van der Waals surface area (Å²) in [7, 11) is 0. The van der Waals surface area contributed by atoms with Crippen LogP contribution >= 0.6 is 0 Å². The van der Waals surface area contributed by atoms with E-state index in [0.717, 1.165) is 19.3 Å². The zero-order chi connectivity index (χ0) is 13.7. The molecule has 0 saturated heterocycles. The lowest BCUT2D eigenvalue weighted by Gasteiger charge is -2.05. The van der Waals surface area contributed by atoms with Gasteiger partial charge in [0.25, 0.3) is 5.91 Å². The number of amides is 1. The van der Waals surface area contributed by atoms with Gasteiger partial charge in [0.05, 0.1) is 0 Å². The van der Waals surface area contributed by atoms with E-state index in [-0.39, 0.29) is 17.3 Å². The van der Waals surface area contributed by atoms with Crippen LogP contribution in [0.3, 0.4) is 0 Å². The number of pyridine rings is 1. The minimum Gasteiger partial charge on any atom is -0.477 e. The van der Waals surface area contributed by atoms with Crippen LogP contribution in [0.4, 0.5) is 0 Å². The van der Waals surface area contributed by atoms with Crippen LogP contribution < -0.4 is 5.32 Å². The number of aromatic nitrogens is 1. The van der Waals surface area contributed by atoms with E-state index in [1.54, 1.807) is 0 Å². The highest BCUT2D eigenvalue weighted by atomic mass is 16.4. The van der Waals surface area contributed by atoms with Crippen LogP contribution in [0.2, 0.25) is 0 Å². The van der Waals surface area contributed by atoms with Crippen molar-refractivity contribution < 1.29 is 14.7 Å². The Morgan fingerprint density at radius 1 is 1.32 bits per heavy atom. The molecule has 1 aromatic heterocycles. The van der Waals surface area contributed by atoms with E-state index in [0.29, 0.717) is 6.54 Å². The first kappa shape index (κ1) is 13.3. The van der Waals surface area contributed by atoms with Crippen LogP contribution in [0.1, 0.15) is 46.7 Å². The molecule has 0 saturated carbocycles. The molecule has 100 valence electrons. The lowest BCUT2D eigenvalue weighted by Crippen LogP contribution is -2.26. The molecule has 0 atom stereocenters. The maximum absolute atomic E-state index is 11.8. The van der Waals surface area contributed by atoms with Gasteiger partial charge in [-0.2, -0.15) is 0 Å². The zero-order valence-electron chi connectivity index (χ0n) is 10.6. The van der Waals surface area contributed by atoms with Gasteiger partial charge < -0.3 is 10.4 Å². The maximum atomic E-state index is 11.8. The predicted octanol–water partition coefficient (Wildman–Crippen LogP) is 2.01. The smallest absolute Gasteiger partial charge is 0.354 e. The van der Waals surface area contributed by atoms with Crippen LogP contribution in [0, 0.1) is 0 Å². The first-order chi connectivity index (χ1) is 9.16. The van der Waals surface area contributed by atoms with Crippen molar-refractivity contribution in [2.75, 3.05) is 6.54 Å². The fraction of sp³-hybridized carbons (Fsp3) is 0.357. The van der Waals surface area contributed by atoms with Crippen LogP contribution in [-0.2, 0) is 0 Å². The summed E-state index contributed by atoms with van der Waals surface area (Å²) in [5, 5.41) is 11.6. The topological polar surface area (TPSA) is 79.3 Å². The number of rotatable bonds is 5. The molecule has 0 unspecified atom stereocenters. The second-order valence-electron chi connectivity index (χ2n) is 4.47. The molecule has 1 amide bonds. The molecular formula is C14H16N2O3. The molecule has 5 heteroatoms. The fourth-order valence-electron chi connectivity index (χ4n) is 2.07. The summed E-state index contributed by atoms with van der Waals surface area (Å²) in [4.78, 5) is 26.4. The van der Waals surface area contributed by atoms with Crippen LogP contribution in [0.5, 0.6) is 0 Å². The summed E-state index contributed by atoms with van der Waals surface area (Å²) in [5.74, 6) is -1.47. The van der Waals surface area contributed by atoms with E-state index >= 15 is 0 Å². The number of hydrogen-bond acceptors (Lipinski definition) is 3. The molecule has 5 nitrogen and oxygen atoms in total. The summed E-state index contributed by atoms with van der Waals surface area (Å²) in [6.45, 7) is 0.559. The minimum absolute atomic E-state index is 0.119. The monoisotopic (exact) mass is 260 g/mol. The number of allylic oxidation sites excluding steroid dienone is 1. The van der Waals surface area contributed by atoms with E-state index in [2.05, 4.69) is 16.4 Å². The van der Waals surface area contributed by atoms with Crippen LogP contribution in [0.25, 0.3) is 0 Å². The minimum atomic E-state index is -1.13. The number of aromatic carboxylic acids is 1. The number of carbonyl (C=O) groups is 2. The number of nitrogens with one attached hydrogen (secondary N) is 1. The quantitative estimate of drug-likeness (QED) is 0.794. The van der Waals surface area contributed by atoms with E-state index in [1.807, 2.05) is 0 Å². The van der Waals surface area contributed by atoms with Crippen LogP contribution in [0.15, 0.2) is 29.8 Å². The summed E-state index contributed by atoms with van der Waals surface area (Å²) in [6, 6.07) is 4.39. The number of carboxylic acids is 1. The largest absolute Gasteiger partial charge is 0.477 e. The Morgan fingerprint density at radius 3 is 2.79 bits per heavy atom. The molecule has 0 radical (unpaired) electrons. The number of nitrogens with zero attached hydrogens (tertiary/aromatic N) is 1. The third-order valence-corrected chi connectivity index (χ3v) is 3.07. The average Bonchev–Trinajstić information content (AvgIpc) is 2.92. The van der Waals surface area contributed by atoms with Gasteiger partial charge in [0.1, 0.15) is 11.4 Å². The van der Waals surface area contributed by atoms with Gasteiger partial charge in [-0.3, -0.25) is 4.79 Å². The fourth-order valence-corrected chi connectivity index (χ4v) is 2.07. The van der Waals surface area contributed by atoms with Crippen molar-refractivity contribution in [2.45, 2.75) is 25.7 Å². The molecular weight excluding hydrogens is 244 g/mol. The highest BCUT2D eigenvalue weighted by molar-refractivity contribution is 5.94. The molecule has 1 aliphatic carbocycles. The van der Waals surface area contributed by atoms with Gasteiger partial charge in [-0.15, -0.1) is 0 Å². The lowest BCUT2D eigenvalue weighted by molar-refractivity contribution is 0.0690. The van der Waals surface area contributed by atoms with Gasteiger partial charge in [0, 0.05) is 6.54 Å². The first-order valence-corrected chi connectivity index (χ1v) is 6.33. The molecule has 0 bridgehead atoms. The van der Waals surface area contributed by atoms with Gasteiger partial charge in [-0.1, -0.05) is 17.7 Å². The third kappa shape index (κ3) is 3.64. The summed E-state index contributed by atoms with van der Waals surface area (Å²) in [6.07, 6.45) is 6.51. The van der Waals surface area contributed by atoms with Crippen molar-refractivity contribution in [3.05, 3.63) is 41.2 Å². The molecule has 19 heavy (non-hydrogen) atoms. The van der Waals surface area contributed by atoms with Gasteiger partial charge in [-0.25, -0.2) is 9.78 Å². The predicted molar refractivity (Wildman–Crippen MR) is 70.1 cm³/mol. The lowest BCUT2D eigenvalue weighted by atomic mass is 10.1. The zero-order valence-corrected chi connectivity index (χ0v) is 10.6. The van der Waals surface area contributed by atoms with E-state index in [1.165, 1.54) is 30.2 Å². The molecule has 0 fully saturated rings. The maximum Gasteiger partial charge on any atom is 0.354 e. The number of carboxylic acid groups (broad SMARTS) is 1. The molecule has 1 heterocycles. The second-order valence-corrected chi connectivity index (χ2v) is 4.47. The Balaban J connectivity index is 1.88. The van der Waals surface area contributed by atoms with Crippen molar-refractivity contribution >= 4 is 11.9 Å². The Morgan fingerprint density at radius 2 is 2.11 bits per heavy atom. The van der Waals surface area contributed by atoms with E-state index in [4.69, 9.17) is 5.11 Å². The average molecular weight is 260 g/mol. The van der Waals surface area contributed by atoms with Gasteiger partial charge in [0.2, 0.25) is 0 Å². The van der Waals surface area contributed by atoms with E-state index < -0.39 is 5.97 Å². The summed E-state index contributed by atoms with van der Waals surface area (Å²) in [5.41, 5.74) is 1.40. The summed E-state index contributed by atoms with van der Waals surface area (Å²) >= 11 is 0. The molecule has 1 aromatic rings. The van der Waals surface area contributed by atoms with Crippen molar-refractivity contribution in [3.63, 3.8) is 0 Å². The molecule has 1 aliphatic rings. The van der Waals surface area contributed by atoms with Crippen molar-refractivity contribution in [2.24, 2.45) is 0 Å². The summed E-state index contributed by atoms with van der Waals surface area (Å²) < 4.78 is 0. The van der Waals surface area contributed by atoms with E-state index in [9.17, 15) is 9.59 Å². The highest BCUT2D eigenvalue weighted by Crippen LogP contribution is 2.19. The molecule has 0 aliphatic heterocycles. The highest BCUT2D eigenvalue weighted by Gasteiger charge is 2.11. The number of carbonyl (C=O) groups excluding carboxylic acids is 1. The Hall–Kier alpha value is -2.17. The standard InChI is InChI=1S/C14H16N2O3/c17-13(15-9-8-10-4-1-2-5-10)11-6-3-7-12(16-11)14(18)19/h3-4,6-7H,1-2,5,8-9H2,(H,15,17)(H,18,19). The Kier molecular flexibility index (Phi) is 4.28. The molecule has 2 N–H and O–H groups in total. The second kappa shape index (κ2) is 6.13. The Bertz CT molecular complexity index is 523. The third-order valence-electron chi connectivity index (χ3n) is 3.07. The van der Waals surface area contributed by atoms with Crippen molar-refractivity contribution in [3.8, 4) is 0 Å². The van der Waals surface area contributed by atoms with Gasteiger partial charge >= 0.3 is 5.97 Å². The Labute approximate surface area is 111 Å². The normalized spacial score (nSPS) is 14.0. The molecule has 0 aromatic carbocycles. The first-order valence-electron chi connectivity index (χ1n) is 6.33. The van der Waals surface area contributed by atoms with Crippen molar-refractivity contribution in [1.29, 1.82) is 0 Å². The number of hydrogen-bond donors (Lipinski definition) is 2. The van der Waals surface area contributed by atoms with Crippen LogP contribution in [-0.4, -0.2) is 28.5 Å². The molecule has 2 rings (SSSR count). The SMILES string of the molecule is O=C(O)c1cccc(C(=O)NCCC2=CCCC2)n1. The van der Waals surface area contributed by atoms with Gasteiger partial charge in [-0.05, 0) is 37.8 Å². The molecule has 0 spiro atoms. The van der Waals surface area contributed by atoms with Gasteiger partial charge in [0.15, 0.2) is 0 Å².